The monoisotopic (exact) mass is 342 g/mol. The molecular formula is C16H27ClN4O2. The molecule has 130 valence electrons. The molecule has 0 saturated carbocycles. The van der Waals surface area contributed by atoms with Crippen LogP contribution in [-0.4, -0.2) is 46.1 Å². The van der Waals surface area contributed by atoms with Gasteiger partial charge in [0.25, 0.3) is 0 Å². The van der Waals surface area contributed by atoms with Crippen molar-refractivity contribution in [3.8, 4) is 0 Å². The highest BCUT2D eigenvalue weighted by Gasteiger charge is 2.37. The molecule has 1 aromatic rings. The largest absolute Gasteiger partial charge is 0.339 e. The number of nitrogens with one attached hydrogen (secondary N) is 1. The lowest BCUT2D eigenvalue weighted by Crippen LogP contribution is -2.42. The van der Waals surface area contributed by atoms with Gasteiger partial charge in [0.05, 0.1) is 0 Å². The van der Waals surface area contributed by atoms with Gasteiger partial charge in [0.1, 0.15) is 0 Å². The zero-order valence-corrected chi connectivity index (χ0v) is 14.6. The van der Waals surface area contributed by atoms with E-state index in [9.17, 15) is 4.79 Å². The van der Waals surface area contributed by atoms with Crippen LogP contribution in [0.5, 0.6) is 0 Å². The lowest BCUT2D eigenvalue weighted by atomic mass is 10.1. The topological polar surface area (TPSA) is 71.3 Å². The summed E-state index contributed by atoms with van der Waals surface area (Å²) in [6.45, 7) is 4.08. The second-order valence-electron chi connectivity index (χ2n) is 6.39. The molecule has 7 heteroatoms. The number of hydrogen-bond acceptors (Lipinski definition) is 5. The van der Waals surface area contributed by atoms with E-state index < -0.39 is 0 Å². The molecule has 3 rings (SSSR count). The molecule has 1 amide bonds. The van der Waals surface area contributed by atoms with Crippen LogP contribution in [-0.2, 0) is 17.6 Å². The van der Waals surface area contributed by atoms with Crippen LogP contribution in [0.4, 0.5) is 0 Å². The summed E-state index contributed by atoms with van der Waals surface area (Å²) < 4.78 is 5.22. The van der Waals surface area contributed by atoms with Crippen molar-refractivity contribution < 1.29 is 9.32 Å². The molecule has 0 aliphatic carbocycles. The minimum absolute atomic E-state index is 0. The molecule has 2 aliphatic rings. The Labute approximate surface area is 143 Å². The Hall–Kier alpha value is -1.14. The highest BCUT2D eigenvalue weighted by atomic mass is 35.5. The molecule has 2 unspecified atom stereocenters. The number of hydrogen-bond donors (Lipinski definition) is 1. The molecule has 1 N–H and O–H groups in total. The van der Waals surface area contributed by atoms with Gasteiger partial charge >= 0.3 is 0 Å². The first-order chi connectivity index (χ1) is 10.8. The Morgan fingerprint density at radius 3 is 2.96 bits per heavy atom. The zero-order chi connectivity index (χ0) is 15.4. The third kappa shape index (κ3) is 4.44. The summed E-state index contributed by atoms with van der Waals surface area (Å²) in [4.78, 5) is 19.0. The fourth-order valence-electron chi connectivity index (χ4n) is 3.63. The molecule has 2 bridgehead atoms. The number of halogens is 1. The summed E-state index contributed by atoms with van der Waals surface area (Å²) in [5, 5.41) is 7.38. The lowest BCUT2D eigenvalue weighted by molar-refractivity contribution is -0.133. The van der Waals surface area contributed by atoms with Crippen LogP contribution in [0, 0.1) is 0 Å². The maximum atomic E-state index is 12.5. The normalized spacial score (nSPS) is 23.4. The van der Waals surface area contributed by atoms with E-state index in [1.54, 1.807) is 0 Å². The van der Waals surface area contributed by atoms with Crippen molar-refractivity contribution in [1.82, 2.24) is 20.4 Å². The van der Waals surface area contributed by atoms with Gasteiger partial charge in [0.2, 0.25) is 11.8 Å². The molecule has 0 aromatic carbocycles. The van der Waals surface area contributed by atoms with Gasteiger partial charge in [0.15, 0.2) is 5.82 Å². The van der Waals surface area contributed by atoms with E-state index in [-0.39, 0.29) is 12.4 Å². The van der Waals surface area contributed by atoms with Crippen LogP contribution in [0.15, 0.2) is 4.52 Å². The smallest absolute Gasteiger partial charge is 0.226 e. The minimum Gasteiger partial charge on any atom is -0.339 e. The van der Waals surface area contributed by atoms with Crippen LogP contribution in [0.3, 0.4) is 0 Å². The van der Waals surface area contributed by atoms with Crippen molar-refractivity contribution in [1.29, 1.82) is 0 Å². The van der Waals surface area contributed by atoms with Crippen LogP contribution in [0.25, 0.3) is 0 Å². The molecule has 23 heavy (non-hydrogen) atoms. The number of nitrogens with zero attached hydrogens (tertiary/aromatic N) is 3. The molecule has 0 spiro atoms. The van der Waals surface area contributed by atoms with E-state index in [0.717, 1.165) is 51.0 Å². The van der Waals surface area contributed by atoms with Gasteiger partial charge < -0.3 is 14.7 Å². The summed E-state index contributed by atoms with van der Waals surface area (Å²) in [6.07, 6.45) is 7.34. The third-order valence-corrected chi connectivity index (χ3v) is 4.71. The van der Waals surface area contributed by atoms with Gasteiger partial charge in [-0.3, -0.25) is 4.79 Å². The molecule has 2 fully saturated rings. The number of carbonyl (C=O) groups is 1. The molecule has 6 nitrogen and oxygen atoms in total. The lowest BCUT2D eigenvalue weighted by Gasteiger charge is -2.27. The van der Waals surface area contributed by atoms with Gasteiger partial charge in [-0.2, -0.15) is 4.98 Å². The molecule has 3 heterocycles. The fourth-order valence-corrected chi connectivity index (χ4v) is 3.63. The number of aryl methyl sites for hydroxylation is 2. The van der Waals surface area contributed by atoms with E-state index in [0.29, 0.717) is 36.7 Å². The van der Waals surface area contributed by atoms with E-state index in [1.807, 2.05) is 0 Å². The first kappa shape index (κ1) is 18.2. The summed E-state index contributed by atoms with van der Waals surface area (Å²) >= 11 is 0. The summed E-state index contributed by atoms with van der Waals surface area (Å²) in [7, 11) is 0. The van der Waals surface area contributed by atoms with Crippen molar-refractivity contribution in [2.24, 2.45) is 0 Å². The third-order valence-electron chi connectivity index (χ3n) is 4.71. The van der Waals surface area contributed by atoms with Crippen LogP contribution in [0.1, 0.15) is 57.2 Å². The second kappa shape index (κ2) is 8.64. The minimum atomic E-state index is 0. The number of amides is 1. The van der Waals surface area contributed by atoms with E-state index >= 15 is 0 Å². The summed E-state index contributed by atoms with van der Waals surface area (Å²) in [5.74, 6) is 1.74. The van der Waals surface area contributed by atoms with E-state index in [4.69, 9.17) is 4.52 Å². The van der Waals surface area contributed by atoms with Gasteiger partial charge in [-0.05, 0) is 38.6 Å². The summed E-state index contributed by atoms with van der Waals surface area (Å²) in [6, 6.07) is 0.853. The van der Waals surface area contributed by atoms with E-state index in [1.165, 1.54) is 6.42 Å². The standard InChI is InChI=1S/C16H26N4O2.ClH/c1-2-4-14-18-15(22-19-14)5-3-6-16(21)20-12-7-8-13(20)11-17-10-9-12;/h12-13,17H,2-11H2,1H3;1H. The first-order valence-electron chi connectivity index (χ1n) is 8.61. The molecule has 2 atom stereocenters. The average Bonchev–Trinajstić information content (AvgIpc) is 3.02. The van der Waals surface area contributed by atoms with Gasteiger partial charge in [-0.15, -0.1) is 12.4 Å². The van der Waals surface area contributed by atoms with Crippen LogP contribution >= 0.6 is 12.4 Å². The number of rotatable bonds is 6. The van der Waals surface area contributed by atoms with Gasteiger partial charge in [-0.1, -0.05) is 12.1 Å². The van der Waals surface area contributed by atoms with Crippen molar-refractivity contribution in [3.63, 3.8) is 0 Å². The molecule has 2 aliphatic heterocycles. The Balaban J connectivity index is 0.00000192. The Bertz CT molecular complexity index is 494. The number of carbonyl (C=O) groups excluding carboxylic acids is 1. The zero-order valence-electron chi connectivity index (χ0n) is 13.8. The highest BCUT2D eigenvalue weighted by Crippen LogP contribution is 2.28. The van der Waals surface area contributed by atoms with Crippen LogP contribution in [0.2, 0.25) is 0 Å². The Morgan fingerprint density at radius 1 is 1.30 bits per heavy atom. The van der Waals surface area contributed by atoms with E-state index in [2.05, 4.69) is 27.3 Å². The van der Waals surface area contributed by atoms with Gasteiger partial charge in [-0.25, -0.2) is 0 Å². The summed E-state index contributed by atoms with van der Waals surface area (Å²) in [5.41, 5.74) is 0. The van der Waals surface area contributed by atoms with Crippen LogP contribution < -0.4 is 5.32 Å². The molecular weight excluding hydrogens is 316 g/mol. The van der Waals surface area contributed by atoms with Crippen molar-refractivity contribution >= 4 is 18.3 Å². The quantitative estimate of drug-likeness (QED) is 0.857. The van der Waals surface area contributed by atoms with Crippen molar-refractivity contribution in [3.05, 3.63) is 11.7 Å². The Kier molecular flexibility index (Phi) is 6.84. The predicted octanol–water partition coefficient (Wildman–Crippen LogP) is 2.12. The number of aromatic nitrogens is 2. The SMILES string of the molecule is CCCc1noc(CCCC(=O)N2C3CCNCC2CC3)n1.Cl. The second-order valence-corrected chi connectivity index (χ2v) is 6.39. The fraction of sp³-hybridized carbons (Fsp3) is 0.812. The molecule has 1 aromatic heterocycles. The van der Waals surface area contributed by atoms with Crippen molar-refractivity contribution in [2.75, 3.05) is 13.1 Å². The molecule has 2 saturated heterocycles. The highest BCUT2D eigenvalue weighted by molar-refractivity contribution is 5.85. The first-order valence-corrected chi connectivity index (χ1v) is 8.61. The number of fused-ring (bicyclic) bond motifs is 2. The van der Waals surface area contributed by atoms with Gasteiger partial charge in [0, 0.05) is 37.9 Å². The predicted molar refractivity (Wildman–Crippen MR) is 89.6 cm³/mol. The average molecular weight is 343 g/mol. The maximum Gasteiger partial charge on any atom is 0.226 e. The maximum absolute atomic E-state index is 12.5. The van der Waals surface area contributed by atoms with Crippen molar-refractivity contribution in [2.45, 2.75) is 70.4 Å². The molecule has 0 radical (unpaired) electrons. The Morgan fingerprint density at radius 2 is 2.13 bits per heavy atom.